The first-order valence-corrected chi connectivity index (χ1v) is 8.45. The number of rotatable bonds is 7. The molecule has 26 heavy (non-hydrogen) atoms. The summed E-state index contributed by atoms with van der Waals surface area (Å²) < 4.78 is 13.9. The SMILES string of the molecule is O=C(O)CSc1ccc(C(=O)/C=C/c2ccc(Cl)c([N+](=O)[O-])c2)cc1F. The standard InChI is InChI=1S/C17H11ClFNO5S/c18-12-4-1-10(7-14(12)20(24)25)2-5-15(21)11-3-6-16(13(19)8-11)26-9-17(22)23/h1-8H,9H2,(H,22,23)/b5-2+. The van der Waals surface area contributed by atoms with Crippen LogP contribution in [0.15, 0.2) is 47.4 Å². The van der Waals surface area contributed by atoms with Crippen LogP contribution < -0.4 is 0 Å². The van der Waals surface area contributed by atoms with Crippen LogP contribution >= 0.6 is 23.4 Å². The molecule has 0 aliphatic rings. The van der Waals surface area contributed by atoms with Crippen LogP contribution in [0.25, 0.3) is 6.08 Å². The van der Waals surface area contributed by atoms with Crippen LogP contribution in [0.4, 0.5) is 10.1 Å². The highest BCUT2D eigenvalue weighted by atomic mass is 35.5. The lowest BCUT2D eigenvalue weighted by Crippen LogP contribution is -2.00. The third kappa shape index (κ3) is 5.14. The van der Waals surface area contributed by atoms with E-state index >= 15 is 0 Å². The number of nitro groups is 1. The zero-order valence-corrected chi connectivity index (χ0v) is 14.6. The number of ketones is 1. The number of nitro benzene ring substituents is 1. The first-order chi connectivity index (χ1) is 12.3. The Labute approximate surface area is 156 Å². The van der Waals surface area contributed by atoms with Gasteiger partial charge >= 0.3 is 5.97 Å². The second kappa shape index (κ2) is 8.59. The molecule has 2 aromatic rings. The summed E-state index contributed by atoms with van der Waals surface area (Å²) in [6.45, 7) is 0. The second-order valence-corrected chi connectivity index (χ2v) is 6.42. The maximum atomic E-state index is 13.9. The summed E-state index contributed by atoms with van der Waals surface area (Å²) in [5, 5.41) is 19.4. The van der Waals surface area contributed by atoms with Crippen molar-refractivity contribution in [3.05, 3.63) is 74.6 Å². The lowest BCUT2D eigenvalue weighted by atomic mass is 10.1. The highest BCUT2D eigenvalue weighted by Gasteiger charge is 2.12. The molecule has 0 saturated heterocycles. The van der Waals surface area contributed by atoms with Gasteiger partial charge in [0.2, 0.25) is 0 Å². The van der Waals surface area contributed by atoms with E-state index < -0.39 is 22.5 Å². The Bertz CT molecular complexity index is 916. The largest absolute Gasteiger partial charge is 0.481 e. The van der Waals surface area contributed by atoms with E-state index in [1.807, 2.05) is 0 Å². The van der Waals surface area contributed by atoms with Gasteiger partial charge in [-0.2, -0.15) is 0 Å². The molecule has 2 rings (SSSR count). The number of hydrogen-bond acceptors (Lipinski definition) is 5. The molecule has 0 saturated carbocycles. The number of carbonyl (C=O) groups excluding carboxylic acids is 1. The molecule has 0 aromatic heterocycles. The van der Waals surface area contributed by atoms with E-state index in [0.717, 1.165) is 23.9 Å². The number of thioether (sulfide) groups is 1. The Hall–Kier alpha value is -2.71. The van der Waals surface area contributed by atoms with Gasteiger partial charge in [-0.3, -0.25) is 19.7 Å². The minimum Gasteiger partial charge on any atom is -0.481 e. The first kappa shape index (κ1) is 19.6. The molecule has 0 spiro atoms. The molecule has 0 amide bonds. The molecule has 134 valence electrons. The monoisotopic (exact) mass is 395 g/mol. The van der Waals surface area contributed by atoms with Crippen molar-refractivity contribution < 1.29 is 24.0 Å². The number of halogens is 2. The lowest BCUT2D eigenvalue weighted by molar-refractivity contribution is -0.384. The second-order valence-electron chi connectivity index (χ2n) is 4.99. The smallest absolute Gasteiger partial charge is 0.313 e. The number of benzene rings is 2. The highest BCUT2D eigenvalue weighted by molar-refractivity contribution is 8.00. The van der Waals surface area contributed by atoms with Crippen LogP contribution in [-0.4, -0.2) is 27.5 Å². The van der Waals surface area contributed by atoms with Crippen molar-refractivity contribution in [3.63, 3.8) is 0 Å². The normalized spacial score (nSPS) is 10.8. The van der Waals surface area contributed by atoms with E-state index in [-0.39, 0.29) is 26.9 Å². The fourth-order valence-electron chi connectivity index (χ4n) is 1.95. The molecular weight excluding hydrogens is 385 g/mol. The van der Waals surface area contributed by atoms with Crippen molar-refractivity contribution in [1.82, 2.24) is 0 Å². The molecule has 2 aromatic carbocycles. The summed E-state index contributed by atoms with van der Waals surface area (Å²) in [4.78, 5) is 33.0. The number of hydrogen-bond donors (Lipinski definition) is 1. The lowest BCUT2D eigenvalue weighted by Gasteiger charge is -2.03. The Morgan fingerprint density at radius 3 is 2.62 bits per heavy atom. The van der Waals surface area contributed by atoms with E-state index in [4.69, 9.17) is 16.7 Å². The van der Waals surface area contributed by atoms with Gasteiger partial charge in [0, 0.05) is 16.5 Å². The van der Waals surface area contributed by atoms with Crippen molar-refractivity contribution in [2.24, 2.45) is 0 Å². The zero-order valence-electron chi connectivity index (χ0n) is 13.0. The predicted octanol–water partition coefficient (Wildman–Crippen LogP) is 4.46. The average molecular weight is 396 g/mol. The molecule has 0 bridgehead atoms. The molecule has 6 nitrogen and oxygen atoms in total. The molecule has 0 atom stereocenters. The van der Waals surface area contributed by atoms with E-state index in [2.05, 4.69) is 0 Å². The number of nitrogens with zero attached hydrogens (tertiary/aromatic N) is 1. The minimum absolute atomic E-state index is 0.0185. The van der Waals surface area contributed by atoms with E-state index in [0.29, 0.717) is 5.56 Å². The number of carboxylic acid groups (broad SMARTS) is 1. The van der Waals surface area contributed by atoms with Crippen LogP contribution in [0.3, 0.4) is 0 Å². The van der Waals surface area contributed by atoms with Gasteiger partial charge in [-0.05, 0) is 35.9 Å². The molecule has 0 radical (unpaired) electrons. The molecular formula is C17H11ClFNO5S. The maximum Gasteiger partial charge on any atom is 0.313 e. The minimum atomic E-state index is -1.07. The van der Waals surface area contributed by atoms with Gasteiger partial charge in [0.15, 0.2) is 5.78 Å². The van der Waals surface area contributed by atoms with Crippen molar-refractivity contribution in [3.8, 4) is 0 Å². The Morgan fingerprint density at radius 1 is 1.27 bits per heavy atom. The van der Waals surface area contributed by atoms with Crippen molar-refractivity contribution in [2.45, 2.75) is 4.90 Å². The Balaban J connectivity index is 2.16. The van der Waals surface area contributed by atoms with Gasteiger partial charge in [0.1, 0.15) is 10.8 Å². The number of carbonyl (C=O) groups is 2. The number of carboxylic acids is 1. The predicted molar refractivity (Wildman–Crippen MR) is 96.2 cm³/mol. The van der Waals surface area contributed by atoms with E-state index in [1.165, 1.54) is 36.4 Å². The average Bonchev–Trinajstić information content (AvgIpc) is 2.59. The molecule has 1 N–H and O–H groups in total. The topological polar surface area (TPSA) is 97.5 Å². The van der Waals surface area contributed by atoms with Crippen LogP contribution in [-0.2, 0) is 4.79 Å². The van der Waals surface area contributed by atoms with E-state index in [1.54, 1.807) is 0 Å². The maximum absolute atomic E-state index is 13.9. The Morgan fingerprint density at radius 2 is 2.00 bits per heavy atom. The molecule has 0 aliphatic carbocycles. The molecule has 0 aliphatic heterocycles. The van der Waals surface area contributed by atoms with Gasteiger partial charge in [0.25, 0.3) is 5.69 Å². The van der Waals surface area contributed by atoms with Gasteiger partial charge in [-0.1, -0.05) is 23.7 Å². The molecule has 0 fully saturated rings. The van der Waals surface area contributed by atoms with Crippen molar-refractivity contribution in [1.29, 1.82) is 0 Å². The summed E-state index contributed by atoms with van der Waals surface area (Å²) in [5.74, 6) is -2.57. The summed E-state index contributed by atoms with van der Waals surface area (Å²) in [6, 6.07) is 7.80. The molecule has 0 unspecified atom stereocenters. The third-order valence-electron chi connectivity index (χ3n) is 3.16. The van der Waals surface area contributed by atoms with Crippen LogP contribution in [0.5, 0.6) is 0 Å². The van der Waals surface area contributed by atoms with Crippen molar-refractivity contribution >= 4 is 46.9 Å². The highest BCUT2D eigenvalue weighted by Crippen LogP contribution is 2.26. The fraction of sp³-hybridized carbons (Fsp3) is 0.0588. The van der Waals surface area contributed by atoms with Gasteiger partial charge < -0.3 is 5.11 Å². The van der Waals surface area contributed by atoms with Crippen LogP contribution in [0, 0.1) is 15.9 Å². The molecule has 9 heteroatoms. The third-order valence-corrected chi connectivity index (χ3v) is 4.51. The molecule has 0 heterocycles. The quantitative estimate of drug-likeness (QED) is 0.244. The van der Waals surface area contributed by atoms with E-state index in [9.17, 15) is 24.1 Å². The van der Waals surface area contributed by atoms with Gasteiger partial charge in [-0.15, -0.1) is 11.8 Å². The number of aliphatic carboxylic acids is 1. The van der Waals surface area contributed by atoms with Crippen LogP contribution in [0.2, 0.25) is 5.02 Å². The summed E-state index contributed by atoms with van der Waals surface area (Å²) in [5.41, 5.74) is 0.178. The zero-order chi connectivity index (χ0) is 19.3. The Kier molecular flexibility index (Phi) is 6.48. The summed E-state index contributed by atoms with van der Waals surface area (Å²) in [6.07, 6.45) is 2.52. The first-order valence-electron chi connectivity index (χ1n) is 7.08. The van der Waals surface area contributed by atoms with Crippen LogP contribution in [0.1, 0.15) is 15.9 Å². The van der Waals surface area contributed by atoms with Gasteiger partial charge in [-0.25, -0.2) is 4.39 Å². The number of allylic oxidation sites excluding steroid dienone is 1. The summed E-state index contributed by atoms with van der Waals surface area (Å²) >= 11 is 6.53. The van der Waals surface area contributed by atoms with Crippen molar-refractivity contribution in [2.75, 3.05) is 5.75 Å². The fourth-order valence-corrected chi connectivity index (χ4v) is 2.78. The summed E-state index contributed by atoms with van der Waals surface area (Å²) in [7, 11) is 0. The van der Waals surface area contributed by atoms with Gasteiger partial charge in [0.05, 0.1) is 10.7 Å².